The van der Waals surface area contributed by atoms with Crippen LogP contribution in [0.3, 0.4) is 0 Å². The van der Waals surface area contributed by atoms with Crippen LogP contribution in [-0.4, -0.2) is 6.04 Å². The Labute approximate surface area is 134 Å². The average Bonchev–Trinajstić information content (AvgIpc) is 2.38. The van der Waals surface area contributed by atoms with Gasteiger partial charge in [-0.2, -0.15) is 0 Å². The summed E-state index contributed by atoms with van der Waals surface area (Å²) in [6, 6.07) is 17.2. The van der Waals surface area contributed by atoms with Gasteiger partial charge in [0, 0.05) is 21.5 Å². The largest absolute Gasteiger partial charge is 0.327 e. The second kappa shape index (κ2) is 7.30. The zero-order valence-electron chi connectivity index (χ0n) is 11.8. The first-order valence-corrected chi connectivity index (χ1v) is 8.58. The topological polar surface area (TPSA) is 26.0 Å². The Bertz CT molecular complexity index is 568. The third kappa shape index (κ3) is 4.37. The molecular formula is C17H20BrNS. The molecule has 2 N–H and O–H groups in total. The molecule has 0 aromatic heterocycles. The summed E-state index contributed by atoms with van der Waals surface area (Å²) in [5, 5.41) is 0.313. The van der Waals surface area contributed by atoms with E-state index in [1.165, 1.54) is 16.7 Å². The molecule has 2 rings (SSSR count). The van der Waals surface area contributed by atoms with Crippen molar-refractivity contribution in [2.45, 2.75) is 30.9 Å². The maximum atomic E-state index is 6.18. The van der Waals surface area contributed by atoms with Crippen molar-refractivity contribution >= 4 is 27.7 Å². The van der Waals surface area contributed by atoms with Gasteiger partial charge in [0.15, 0.2) is 0 Å². The number of rotatable bonds is 5. The zero-order chi connectivity index (χ0) is 14.5. The number of hydrogen-bond acceptors (Lipinski definition) is 2. The fraction of sp³-hybridized carbons (Fsp3) is 0.294. The Hall–Kier alpha value is -0.770. The number of halogens is 1. The maximum absolute atomic E-state index is 6.18. The summed E-state index contributed by atoms with van der Waals surface area (Å²) in [5.41, 5.74) is 10.1. The van der Waals surface area contributed by atoms with Gasteiger partial charge in [-0.25, -0.2) is 0 Å². The van der Waals surface area contributed by atoms with E-state index in [-0.39, 0.29) is 6.04 Å². The van der Waals surface area contributed by atoms with Gasteiger partial charge in [-0.3, -0.25) is 0 Å². The van der Waals surface area contributed by atoms with Gasteiger partial charge in [0.1, 0.15) is 0 Å². The molecule has 0 aliphatic heterocycles. The van der Waals surface area contributed by atoms with Crippen LogP contribution in [0, 0.1) is 6.92 Å². The molecule has 0 saturated carbocycles. The first-order chi connectivity index (χ1) is 9.56. The van der Waals surface area contributed by atoms with Gasteiger partial charge in [-0.15, -0.1) is 11.8 Å². The second-order valence-corrected chi connectivity index (χ2v) is 7.18. The molecule has 3 heteroatoms. The quantitative estimate of drug-likeness (QED) is 0.814. The number of nitrogens with two attached hydrogens (primary N) is 1. The molecule has 106 valence electrons. The highest BCUT2D eigenvalue weighted by atomic mass is 79.9. The van der Waals surface area contributed by atoms with Crippen molar-refractivity contribution in [3.8, 4) is 0 Å². The lowest BCUT2D eigenvalue weighted by Crippen LogP contribution is -2.22. The van der Waals surface area contributed by atoms with Crippen molar-refractivity contribution in [1.29, 1.82) is 0 Å². The van der Waals surface area contributed by atoms with E-state index in [4.69, 9.17) is 5.73 Å². The van der Waals surface area contributed by atoms with Crippen molar-refractivity contribution in [2.75, 3.05) is 0 Å². The van der Waals surface area contributed by atoms with E-state index in [1.807, 2.05) is 17.8 Å². The fourth-order valence-electron chi connectivity index (χ4n) is 2.22. The highest BCUT2D eigenvalue weighted by molar-refractivity contribution is 9.10. The summed E-state index contributed by atoms with van der Waals surface area (Å²) in [4.78, 5) is 0. The molecule has 0 radical (unpaired) electrons. The normalized spacial score (nSPS) is 14.0. The van der Waals surface area contributed by atoms with E-state index in [0.717, 1.165) is 10.2 Å². The van der Waals surface area contributed by atoms with Gasteiger partial charge in [0.25, 0.3) is 0 Å². The molecule has 0 heterocycles. The second-order valence-electron chi connectivity index (χ2n) is 5.13. The highest BCUT2D eigenvalue weighted by Crippen LogP contribution is 2.34. The number of thioether (sulfide) groups is 1. The van der Waals surface area contributed by atoms with E-state index in [9.17, 15) is 0 Å². The summed E-state index contributed by atoms with van der Waals surface area (Å²) in [7, 11) is 0. The van der Waals surface area contributed by atoms with Gasteiger partial charge in [0.2, 0.25) is 0 Å². The Morgan fingerprint density at radius 2 is 1.90 bits per heavy atom. The van der Waals surface area contributed by atoms with Crippen LogP contribution in [0.5, 0.6) is 0 Å². The molecule has 0 spiro atoms. The smallest absolute Gasteiger partial charge is 0.0449 e. The third-order valence-corrected chi connectivity index (χ3v) is 5.22. The number of aryl methyl sites for hydroxylation is 1. The monoisotopic (exact) mass is 349 g/mol. The average molecular weight is 350 g/mol. The molecule has 0 bridgehead atoms. The SMILES string of the molecule is Cc1cccc(CSC(c2cccc(Br)c2)C(C)N)c1. The Morgan fingerprint density at radius 3 is 2.55 bits per heavy atom. The Kier molecular flexibility index (Phi) is 5.70. The minimum Gasteiger partial charge on any atom is -0.327 e. The van der Waals surface area contributed by atoms with E-state index in [0.29, 0.717) is 5.25 Å². The first-order valence-electron chi connectivity index (χ1n) is 6.74. The predicted molar refractivity (Wildman–Crippen MR) is 93.0 cm³/mol. The van der Waals surface area contributed by atoms with Gasteiger partial charge >= 0.3 is 0 Å². The summed E-state index contributed by atoms with van der Waals surface area (Å²) in [5.74, 6) is 0.987. The van der Waals surface area contributed by atoms with Crippen molar-refractivity contribution in [3.05, 3.63) is 69.7 Å². The predicted octanol–water partition coefficient (Wildman–Crippen LogP) is 5.08. The molecular weight excluding hydrogens is 330 g/mol. The van der Waals surface area contributed by atoms with E-state index < -0.39 is 0 Å². The first kappa shape index (κ1) is 15.6. The van der Waals surface area contributed by atoms with E-state index >= 15 is 0 Å². The van der Waals surface area contributed by atoms with Crippen molar-refractivity contribution in [1.82, 2.24) is 0 Å². The summed E-state index contributed by atoms with van der Waals surface area (Å²) in [6.07, 6.45) is 0. The lowest BCUT2D eigenvalue weighted by Gasteiger charge is -2.21. The van der Waals surface area contributed by atoms with Gasteiger partial charge < -0.3 is 5.73 Å². The molecule has 2 aromatic carbocycles. The lowest BCUT2D eigenvalue weighted by molar-refractivity contribution is 0.721. The van der Waals surface area contributed by atoms with Crippen LogP contribution in [0.25, 0.3) is 0 Å². The third-order valence-electron chi connectivity index (χ3n) is 3.17. The molecule has 0 aliphatic rings. The highest BCUT2D eigenvalue weighted by Gasteiger charge is 2.17. The van der Waals surface area contributed by atoms with Crippen LogP contribution < -0.4 is 5.73 Å². The van der Waals surface area contributed by atoms with Crippen molar-refractivity contribution in [2.24, 2.45) is 5.73 Å². The van der Waals surface area contributed by atoms with Crippen LogP contribution in [0.15, 0.2) is 53.0 Å². The zero-order valence-corrected chi connectivity index (χ0v) is 14.2. The van der Waals surface area contributed by atoms with Crippen molar-refractivity contribution < 1.29 is 0 Å². The van der Waals surface area contributed by atoms with Crippen LogP contribution in [0.2, 0.25) is 0 Å². The molecule has 1 nitrogen and oxygen atoms in total. The molecule has 0 saturated heterocycles. The molecule has 2 unspecified atom stereocenters. The van der Waals surface area contributed by atoms with Gasteiger partial charge in [0.05, 0.1) is 0 Å². The van der Waals surface area contributed by atoms with E-state index in [2.05, 4.69) is 72.2 Å². The molecule has 0 amide bonds. The lowest BCUT2D eigenvalue weighted by atomic mass is 10.1. The maximum Gasteiger partial charge on any atom is 0.0449 e. The Balaban J connectivity index is 2.10. The van der Waals surface area contributed by atoms with Crippen LogP contribution in [0.4, 0.5) is 0 Å². The van der Waals surface area contributed by atoms with Gasteiger partial charge in [-0.1, -0.05) is 57.9 Å². The summed E-state index contributed by atoms with van der Waals surface area (Å²) < 4.78 is 1.11. The number of hydrogen-bond donors (Lipinski definition) is 1. The summed E-state index contributed by atoms with van der Waals surface area (Å²) >= 11 is 5.44. The standard InChI is InChI=1S/C17H20BrNS/c1-12-5-3-6-14(9-12)11-20-17(13(2)19)15-7-4-8-16(18)10-15/h3-10,13,17H,11,19H2,1-2H3. The van der Waals surface area contributed by atoms with Gasteiger partial charge in [-0.05, 0) is 37.1 Å². The minimum absolute atomic E-state index is 0.124. The molecule has 2 atom stereocenters. The van der Waals surface area contributed by atoms with Crippen molar-refractivity contribution in [3.63, 3.8) is 0 Å². The summed E-state index contributed by atoms with van der Waals surface area (Å²) in [6.45, 7) is 4.21. The van der Waals surface area contributed by atoms with E-state index in [1.54, 1.807) is 0 Å². The molecule has 20 heavy (non-hydrogen) atoms. The molecule has 0 fully saturated rings. The number of benzene rings is 2. The minimum atomic E-state index is 0.124. The van der Waals surface area contributed by atoms with Crippen LogP contribution in [0.1, 0.15) is 28.9 Å². The van der Waals surface area contributed by atoms with Crippen LogP contribution >= 0.6 is 27.7 Å². The Morgan fingerprint density at radius 1 is 1.15 bits per heavy atom. The molecule has 2 aromatic rings. The molecule has 0 aliphatic carbocycles. The fourth-order valence-corrected chi connectivity index (χ4v) is 3.83. The van der Waals surface area contributed by atoms with Crippen LogP contribution in [-0.2, 0) is 5.75 Å².